The van der Waals surface area contributed by atoms with Crippen molar-refractivity contribution in [3.8, 4) is 17.1 Å². The van der Waals surface area contributed by atoms with Gasteiger partial charge in [0.15, 0.2) is 11.5 Å². The van der Waals surface area contributed by atoms with Crippen LogP contribution in [-0.2, 0) is 6.54 Å². The van der Waals surface area contributed by atoms with Crippen molar-refractivity contribution in [2.45, 2.75) is 6.54 Å². The average Bonchev–Trinajstić information content (AvgIpc) is 3.63. The summed E-state index contributed by atoms with van der Waals surface area (Å²) in [4.78, 5) is 22.2. The zero-order valence-electron chi connectivity index (χ0n) is 18.9. The van der Waals surface area contributed by atoms with Gasteiger partial charge in [-0.05, 0) is 42.5 Å². The first kappa shape index (κ1) is 21.6. The lowest BCUT2D eigenvalue weighted by Crippen LogP contribution is -2.48. The first-order chi connectivity index (χ1) is 17.1. The third-order valence-corrected chi connectivity index (χ3v) is 6.45. The molecule has 4 aromatic heterocycles. The van der Waals surface area contributed by atoms with Gasteiger partial charge in [-0.2, -0.15) is 5.10 Å². The molecule has 5 heterocycles. The van der Waals surface area contributed by atoms with Crippen molar-refractivity contribution in [2.75, 3.05) is 26.2 Å². The van der Waals surface area contributed by atoms with Crippen LogP contribution < -0.4 is 0 Å². The molecule has 0 aliphatic carbocycles. The second-order valence-electron chi connectivity index (χ2n) is 8.55. The van der Waals surface area contributed by atoms with Crippen molar-refractivity contribution < 1.29 is 9.21 Å². The van der Waals surface area contributed by atoms with Gasteiger partial charge < -0.3 is 13.7 Å². The second-order valence-corrected chi connectivity index (χ2v) is 8.99. The molecule has 1 aliphatic heterocycles. The fourth-order valence-electron chi connectivity index (χ4n) is 4.45. The maximum atomic E-state index is 13.4. The van der Waals surface area contributed by atoms with E-state index >= 15 is 0 Å². The van der Waals surface area contributed by atoms with Crippen LogP contribution in [0.1, 0.15) is 16.2 Å². The topological polar surface area (TPSA) is 71.8 Å². The number of fused-ring (bicyclic) bond motifs is 1. The Hall–Kier alpha value is -3.88. The Morgan fingerprint density at radius 1 is 1.00 bits per heavy atom. The fraction of sp³-hybridized carbons (Fsp3) is 0.192. The number of halogens is 1. The Bertz CT molecular complexity index is 1450. The molecule has 1 saturated heterocycles. The van der Waals surface area contributed by atoms with Crippen LogP contribution in [0, 0.1) is 0 Å². The van der Waals surface area contributed by atoms with Crippen molar-refractivity contribution >= 4 is 23.2 Å². The molecule has 0 atom stereocenters. The number of piperazine rings is 1. The lowest BCUT2D eigenvalue weighted by molar-refractivity contribution is 0.0621. The van der Waals surface area contributed by atoms with E-state index in [1.54, 1.807) is 23.1 Å². The van der Waals surface area contributed by atoms with Crippen LogP contribution in [0.3, 0.4) is 0 Å². The quantitative estimate of drug-likeness (QED) is 0.368. The summed E-state index contributed by atoms with van der Waals surface area (Å²) in [5.41, 5.74) is 3.81. The number of benzene rings is 1. The molecular formula is C26H23ClN6O2. The molecule has 9 heteroatoms. The molecule has 5 aromatic rings. The smallest absolute Gasteiger partial charge is 0.274 e. The summed E-state index contributed by atoms with van der Waals surface area (Å²) in [5, 5.41) is 5.24. The maximum Gasteiger partial charge on any atom is 0.274 e. The van der Waals surface area contributed by atoms with Crippen LogP contribution in [0.4, 0.5) is 0 Å². The Morgan fingerprint density at radius 2 is 1.89 bits per heavy atom. The average molecular weight is 487 g/mol. The summed E-state index contributed by atoms with van der Waals surface area (Å²) in [6, 6.07) is 18.8. The molecule has 0 N–H and O–H groups in total. The molecule has 1 aliphatic rings. The van der Waals surface area contributed by atoms with Crippen LogP contribution in [0.5, 0.6) is 0 Å². The van der Waals surface area contributed by atoms with Gasteiger partial charge in [0.25, 0.3) is 5.91 Å². The molecule has 8 nitrogen and oxygen atoms in total. The number of nitrogens with zero attached hydrogens (tertiary/aromatic N) is 6. The molecule has 0 saturated carbocycles. The van der Waals surface area contributed by atoms with Crippen LogP contribution in [-0.4, -0.2) is 61.1 Å². The lowest BCUT2D eigenvalue weighted by Gasteiger charge is -2.33. The molecule has 35 heavy (non-hydrogen) atoms. The summed E-state index contributed by atoms with van der Waals surface area (Å²) in [6.45, 7) is 3.58. The largest absolute Gasteiger partial charge is 0.463 e. The number of imidazole rings is 1. The molecule has 0 bridgehead atoms. The number of hydrogen-bond acceptors (Lipinski definition) is 5. The van der Waals surface area contributed by atoms with Gasteiger partial charge in [-0.3, -0.25) is 9.69 Å². The third-order valence-electron chi connectivity index (χ3n) is 6.21. The van der Waals surface area contributed by atoms with Gasteiger partial charge in [0.05, 0.1) is 17.6 Å². The number of pyridine rings is 1. The van der Waals surface area contributed by atoms with Gasteiger partial charge >= 0.3 is 0 Å². The van der Waals surface area contributed by atoms with Crippen LogP contribution in [0.15, 0.2) is 83.7 Å². The molecule has 0 radical (unpaired) electrons. The van der Waals surface area contributed by atoms with E-state index in [9.17, 15) is 4.79 Å². The SMILES string of the molecule is O=C(c1cc(-c2ccco2)n(-c2cccc(Cl)c2)n1)N1CCN(Cc2cn3ccccc3n2)CC1. The van der Waals surface area contributed by atoms with Gasteiger partial charge in [0.2, 0.25) is 0 Å². The molecule has 176 valence electrons. The predicted octanol–water partition coefficient (Wildman–Crippen LogP) is 4.39. The van der Waals surface area contributed by atoms with Crippen molar-refractivity contribution in [2.24, 2.45) is 0 Å². The summed E-state index contributed by atoms with van der Waals surface area (Å²) >= 11 is 6.21. The van der Waals surface area contributed by atoms with Crippen LogP contribution in [0.2, 0.25) is 5.02 Å². The van der Waals surface area contributed by atoms with Gasteiger partial charge in [0, 0.05) is 56.2 Å². The molecule has 0 spiro atoms. The van der Waals surface area contributed by atoms with E-state index in [2.05, 4.69) is 16.2 Å². The number of aromatic nitrogens is 4. The summed E-state index contributed by atoms with van der Waals surface area (Å²) in [5.74, 6) is 0.541. The van der Waals surface area contributed by atoms with E-state index in [-0.39, 0.29) is 5.91 Å². The summed E-state index contributed by atoms with van der Waals surface area (Å²) in [7, 11) is 0. The Morgan fingerprint density at radius 3 is 2.66 bits per heavy atom. The molecule has 1 amide bonds. The van der Waals surface area contributed by atoms with Gasteiger partial charge in [-0.25, -0.2) is 9.67 Å². The van der Waals surface area contributed by atoms with E-state index < -0.39 is 0 Å². The Labute approximate surface area is 207 Å². The second kappa shape index (κ2) is 9.05. The van der Waals surface area contributed by atoms with E-state index in [1.807, 2.05) is 64.0 Å². The standard InChI is InChI=1S/C26H23ClN6O2/c27-19-5-3-6-21(15-19)33-23(24-7-4-14-35-24)16-22(29-33)26(34)31-12-10-30(11-13-31)17-20-18-32-9-2-1-8-25(32)28-20/h1-9,14-16,18H,10-13,17H2. The van der Waals surface area contributed by atoms with Crippen LogP contribution >= 0.6 is 11.6 Å². The first-order valence-electron chi connectivity index (χ1n) is 11.5. The first-order valence-corrected chi connectivity index (χ1v) is 11.9. The van der Waals surface area contributed by atoms with E-state index in [0.717, 1.165) is 36.7 Å². The highest BCUT2D eigenvalue weighted by Crippen LogP contribution is 2.26. The highest BCUT2D eigenvalue weighted by Gasteiger charge is 2.26. The molecule has 0 unspecified atom stereocenters. The van der Waals surface area contributed by atoms with Crippen molar-refractivity contribution in [1.29, 1.82) is 0 Å². The van der Waals surface area contributed by atoms with Gasteiger partial charge in [-0.1, -0.05) is 23.7 Å². The zero-order valence-corrected chi connectivity index (χ0v) is 19.7. The Kier molecular flexibility index (Phi) is 5.60. The minimum atomic E-state index is -0.0917. The Balaban J connectivity index is 1.18. The van der Waals surface area contributed by atoms with Crippen molar-refractivity contribution in [1.82, 2.24) is 29.0 Å². The number of furan rings is 1. The van der Waals surface area contributed by atoms with Gasteiger partial charge in [0.1, 0.15) is 11.3 Å². The number of amides is 1. The maximum absolute atomic E-state index is 13.4. The zero-order chi connectivity index (χ0) is 23.8. The van der Waals surface area contributed by atoms with E-state index in [4.69, 9.17) is 21.0 Å². The normalized spacial score (nSPS) is 14.6. The minimum Gasteiger partial charge on any atom is -0.463 e. The lowest BCUT2D eigenvalue weighted by atomic mass is 10.2. The fourth-order valence-corrected chi connectivity index (χ4v) is 4.64. The van der Waals surface area contributed by atoms with E-state index in [1.165, 1.54) is 0 Å². The highest BCUT2D eigenvalue weighted by molar-refractivity contribution is 6.30. The number of hydrogen-bond donors (Lipinski definition) is 0. The molecular weight excluding hydrogens is 464 g/mol. The molecule has 6 rings (SSSR count). The molecule has 1 aromatic carbocycles. The predicted molar refractivity (Wildman–Crippen MR) is 133 cm³/mol. The summed E-state index contributed by atoms with van der Waals surface area (Å²) in [6.07, 6.45) is 5.67. The monoisotopic (exact) mass is 486 g/mol. The minimum absolute atomic E-state index is 0.0917. The highest BCUT2D eigenvalue weighted by atomic mass is 35.5. The summed E-state index contributed by atoms with van der Waals surface area (Å²) < 4.78 is 9.35. The van der Waals surface area contributed by atoms with Crippen molar-refractivity contribution in [3.63, 3.8) is 0 Å². The molecule has 1 fully saturated rings. The number of carbonyl (C=O) groups excluding carboxylic acids is 1. The van der Waals surface area contributed by atoms with E-state index in [0.29, 0.717) is 35.3 Å². The third kappa shape index (κ3) is 4.34. The number of rotatable bonds is 5. The number of carbonyl (C=O) groups is 1. The van der Waals surface area contributed by atoms with Crippen LogP contribution in [0.25, 0.3) is 22.8 Å². The van der Waals surface area contributed by atoms with Crippen molar-refractivity contribution in [3.05, 3.63) is 95.7 Å². The van der Waals surface area contributed by atoms with Gasteiger partial charge in [-0.15, -0.1) is 0 Å².